The van der Waals surface area contributed by atoms with Crippen LogP contribution in [0.4, 0.5) is 5.82 Å². The zero-order valence-corrected chi connectivity index (χ0v) is 15.6. The molecular weight excluding hydrogens is 360 g/mol. The van der Waals surface area contributed by atoms with E-state index in [-0.39, 0.29) is 5.91 Å². The maximum atomic E-state index is 12.3. The number of aryl methyl sites for hydroxylation is 1. The Morgan fingerprint density at radius 1 is 1.00 bits per heavy atom. The molecule has 1 amide bonds. The predicted molar refractivity (Wildman–Crippen MR) is 108 cm³/mol. The first-order valence-corrected chi connectivity index (χ1v) is 9.21. The molecule has 1 aromatic heterocycles. The Bertz CT molecular complexity index is 886. The highest BCUT2D eigenvalue weighted by Crippen LogP contribution is 2.16. The van der Waals surface area contributed by atoms with Gasteiger partial charge in [-0.2, -0.15) is 0 Å². The molecule has 0 bridgehead atoms. The molecule has 0 aliphatic rings. The van der Waals surface area contributed by atoms with Gasteiger partial charge in [0.1, 0.15) is 17.8 Å². The summed E-state index contributed by atoms with van der Waals surface area (Å²) in [6, 6.07) is 19.4. The second-order valence-electron chi connectivity index (χ2n) is 6.08. The Labute approximate surface area is 163 Å². The summed E-state index contributed by atoms with van der Waals surface area (Å²) in [5.41, 5.74) is 2.57. The molecule has 6 heteroatoms. The van der Waals surface area contributed by atoms with Crippen molar-refractivity contribution in [1.82, 2.24) is 15.3 Å². The molecule has 0 fully saturated rings. The van der Waals surface area contributed by atoms with Crippen LogP contribution in [0.5, 0.6) is 0 Å². The summed E-state index contributed by atoms with van der Waals surface area (Å²) in [5, 5.41) is 6.76. The van der Waals surface area contributed by atoms with E-state index in [2.05, 4.69) is 32.7 Å². The Morgan fingerprint density at radius 3 is 2.59 bits per heavy atom. The number of carbonyl (C=O) groups is 1. The van der Waals surface area contributed by atoms with Crippen LogP contribution in [0.25, 0.3) is 0 Å². The number of hydrogen-bond donors (Lipinski definition) is 2. The zero-order valence-electron chi connectivity index (χ0n) is 14.9. The molecule has 0 aliphatic heterocycles. The highest BCUT2D eigenvalue weighted by atomic mass is 35.5. The molecule has 0 saturated heterocycles. The predicted octanol–water partition coefficient (Wildman–Crippen LogP) is 4.10. The van der Waals surface area contributed by atoms with E-state index in [1.54, 1.807) is 6.07 Å². The van der Waals surface area contributed by atoms with Gasteiger partial charge in [-0.05, 0) is 30.0 Å². The SMILES string of the molecule is O=C(NCCCc1ccccc1)c1cc(NCc2ccccc2Cl)ncn1. The average molecular weight is 381 g/mol. The van der Waals surface area contributed by atoms with Crippen molar-refractivity contribution in [2.45, 2.75) is 19.4 Å². The lowest BCUT2D eigenvalue weighted by Crippen LogP contribution is -2.26. The molecule has 0 radical (unpaired) electrons. The van der Waals surface area contributed by atoms with E-state index < -0.39 is 0 Å². The van der Waals surface area contributed by atoms with E-state index in [0.29, 0.717) is 29.6 Å². The molecule has 5 nitrogen and oxygen atoms in total. The summed E-state index contributed by atoms with van der Waals surface area (Å²) in [6.07, 6.45) is 3.18. The Balaban J connectivity index is 1.49. The molecule has 0 aliphatic carbocycles. The molecule has 3 aromatic rings. The van der Waals surface area contributed by atoms with Crippen LogP contribution in [-0.2, 0) is 13.0 Å². The van der Waals surface area contributed by atoms with Crippen molar-refractivity contribution in [3.05, 3.63) is 88.8 Å². The fourth-order valence-corrected chi connectivity index (χ4v) is 2.84. The molecule has 2 aromatic carbocycles. The highest BCUT2D eigenvalue weighted by Gasteiger charge is 2.08. The lowest BCUT2D eigenvalue weighted by molar-refractivity contribution is 0.0948. The largest absolute Gasteiger partial charge is 0.366 e. The van der Waals surface area contributed by atoms with Gasteiger partial charge in [-0.1, -0.05) is 60.1 Å². The standard InChI is InChI=1S/C21H21ClN4O/c22-18-11-5-4-10-17(18)14-24-20-13-19(25-15-26-20)21(27)23-12-6-9-16-7-2-1-3-8-16/h1-5,7-8,10-11,13,15H,6,9,12,14H2,(H,23,27)(H,24,25,26). The van der Waals surface area contributed by atoms with Gasteiger partial charge < -0.3 is 10.6 Å². The summed E-state index contributed by atoms with van der Waals surface area (Å²) in [5.74, 6) is 0.380. The number of nitrogens with one attached hydrogen (secondary N) is 2. The van der Waals surface area contributed by atoms with Gasteiger partial charge in [-0.25, -0.2) is 9.97 Å². The quantitative estimate of drug-likeness (QED) is 0.577. The minimum absolute atomic E-state index is 0.203. The number of carbonyl (C=O) groups excluding carboxylic acids is 1. The van der Waals surface area contributed by atoms with Crippen molar-refractivity contribution in [3.8, 4) is 0 Å². The fraction of sp³-hybridized carbons (Fsp3) is 0.190. The van der Waals surface area contributed by atoms with Crippen LogP contribution in [0.1, 0.15) is 28.0 Å². The molecule has 138 valence electrons. The molecule has 0 unspecified atom stereocenters. The van der Waals surface area contributed by atoms with E-state index in [4.69, 9.17) is 11.6 Å². The maximum absolute atomic E-state index is 12.3. The van der Waals surface area contributed by atoms with E-state index >= 15 is 0 Å². The van der Waals surface area contributed by atoms with E-state index in [1.165, 1.54) is 11.9 Å². The first-order chi connectivity index (χ1) is 13.2. The van der Waals surface area contributed by atoms with Crippen LogP contribution in [0.2, 0.25) is 5.02 Å². The first-order valence-electron chi connectivity index (χ1n) is 8.84. The lowest BCUT2D eigenvalue weighted by Gasteiger charge is -2.09. The van der Waals surface area contributed by atoms with Gasteiger partial charge in [0.2, 0.25) is 0 Å². The fourth-order valence-electron chi connectivity index (χ4n) is 2.64. The van der Waals surface area contributed by atoms with Crippen molar-refractivity contribution in [1.29, 1.82) is 0 Å². The van der Waals surface area contributed by atoms with Crippen LogP contribution < -0.4 is 10.6 Å². The minimum Gasteiger partial charge on any atom is -0.366 e. The number of rotatable bonds is 8. The van der Waals surface area contributed by atoms with Crippen molar-refractivity contribution < 1.29 is 4.79 Å². The number of hydrogen-bond acceptors (Lipinski definition) is 4. The number of amides is 1. The van der Waals surface area contributed by atoms with Gasteiger partial charge in [0, 0.05) is 24.2 Å². The third-order valence-electron chi connectivity index (χ3n) is 4.09. The van der Waals surface area contributed by atoms with E-state index in [9.17, 15) is 4.79 Å². The molecule has 0 saturated carbocycles. The number of aromatic nitrogens is 2. The average Bonchev–Trinajstić information content (AvgIpc) is 2.71. The van der Waals surface area contributed by atoms with Gasteiger partial charge in [-0.15, -0.1) is 0 Å². The summed E-state index contributed by atoms with van der Waals surface area (Å²) < 4.78 is 0. The molecule has 0 spiro atoms. The van der Waals surface area contributed by atoms with Crippen LogP contribution in [0.3, 0.4) is 0 Å². The molecule has 1 heterocycles. The molecular formula is C21H21ClN4O. The van der Waals surface area contributed by atoms with Crippen LogP contribution in [0.15, 0.2) is 67.0 Å². The topological polar surface area (TPSA) is 66.9 Å². The first kappa shape index (κ1) is 18.9. The zero-order chi connectivity index (χ0) is 18.9. The Kier molecular flexibility index (Phi) is 6.77. The second kappa shape index (κ2) is 9.69. The molecule has 2 N–H and O–H groups in total. The maximum Gasteiger partial charge on any atom is 0.270 e. The number of benzene rings is 2. The number of anilines is 1. The van der Waals surface area contributed by atoms with Crippen molar-refractivity contribution in [2.75, 3.05) is 11.9 Å². The van der Waals surface area contributed by atoms with Gasteiger partial charge in [0.05, 0.1) is 0 Å². The summed E-state index contributed by atoms with van der Waals surface area (Å²) in [4.78, 5) is 20.5. The minimum atomic E-state index is -0.203. The smallest absolute Gasteiger partial charge is 0.270 e. The molecule has 3 rings (SSSR count). The number of halogens is 1. The Morgan fingerprint density at radius 2 is 1.78 bits per heavy atom. The van der Waals surface area contributed by atoms with E-state index in [1.807, 2.05) is 42.5 Å². The number of nitrogens with zero attached hydrogens (tertiary/aromatic N) is 2. The summed E-state index contributed by atoms with van der Waals surface area (Å²) in [7, 11) is 0. The van der Waals surface area contributed by atoms with Gasteiger partial charge in [-0.3, -0.25) is 4.79 Å². The molecule has 27 heavy (non-hydrogen) atoms. The van der Waals surface area contributed by atoms with Crippen molar-refractivity contribution in [3.63, 3.8) is 0 Å². The Hall–Kier alpha value is -2.92. The monoisotopic (exact) mass is 380 g/mol. The lowest BCUT2D eigenvalue weighted by atomic mass is 10.1. The van der Waals surface area contributed by atoms with E-state index in [0.717, 1.165) is 18.4 Å². The highest BCUT2D eigenvalue weighted by molar-refractivity contribution is 6.31. The van der Waals surface area contributed by atoms with Gasteiger partial charge in [0.15, 0.2) is 0 Å². The summed E-state index contributed by atoms with van der Waals surface area (Å²) >= 11 is 6.15. The van der Waals surface area contributed by atoms with Gasteiger partial charge >= 0.3 is 0 Å². The third-order valence-corrected chi connectivity index (χ3v) is 4.46. The van der Waals surface area contributed by atoms with Crippen LogP contribution >= 0.6 is 11.6 Å². The van der Waals surface area contributed by atoms with Crippen LogP contribution in [0, 0.1) is 0 Å². The summed E-state index contributed by atoms with van der Waals surface area (Å²) in [6.45, 7) is 1.12. The molecule has 0 atom stereocenters. The normalized spacial score (nSPS) is 10.4. The van der Waals surface area contributed by atoms with Crippen molar-refractivity contribution >= 4 is 23.3 Å². The van der Waals surface area contributed by atoms with Crippen LogP contribution in [-0.4, -0.2) is 22.4 Å². The third kappa shape index (κ3) is 5.79. The van der Waals surface area contributed by atoms with Crippen molar-refractivity contribution in [2.24, 2.45) is 0 Å². The van der Waals surface area contributed by atoms with Gasteiger partial charge in [0.25, 0.3) is 5.91 Å². The second-order valence-corrected chi connectivity index (χ2v) is 6.49.